The Balaban J connectivity index is -0.000000141. The van der Waals surface area contributed by atoms with Crippen molar-refractivity contribution in [2.75, 3.05) is 6.54 Å². The van der Waals surface area contributed by atoms with Crippen LogP contribution < -0.4 is 22.3 Å². The van der Waals surface area contributed by atoms with Crippen molar-refractivity contribution in [2.24, 2.45) is 5.84 Å². The molecule has 0 bridgehead atoms. The summed E-state index contributed by atoms with van der Waals surface area (Å²) in [6.45, 7) is 3.12. The maximum atomic E-state index is 5.00. The SMILES string of the molecule is Br.Br.Br.Br.CCCCCCC=CCCNNNN. The van der Waals surface area contributed by atoms with E-state index in [9.17, 15) is 0 Å². The molecule has 0 radical (unpaired) electrons. The molecular weight excluding hydrogens is 496 g/mol. The van der Waals surface area contributed by atoms with Gasteiger partial charge in [-0.05, 0) is 19.3 Å². The van der Waals surface area contributed by atoms with Crippen LogP contribution in [0.25, 0.3) is 0 Å². The molecule has 0 aromatic rings. The third kappa shape index (κ3) is 30.5. The Morgan fingerprint density at radius 1 is 0.889 bits per heavy atom. The van der Waals surface area contributed by atoms with Gasteiger partial charge in [0.1, 0.15) is 0 Å². The Kier molecular flexibility index (Phi) is 54.8. The van der Waals surface area contributed by atoms with Crippen molar-refractivity contribution in [1.29, 1.82) is 0 Å². The van der Waals surface area contributed by atoms with Gasteiger partial charge in [-0.1, -0.05) is 38.3 Å². The molecule has 0 saturated carbocycles. The van der Waals surface area contributed by atoms with Gasteiger partial charge in [0.15, 0.2) is 0 Å². The molecule has 0 heterocycles. The molecule has 5 N–H and O–H groups in total. The number of allylic oxidation sites excluding steroid dienone is 1. The Morgan fingerprint density at radius 2 is 1.50 bits per heavy atom. The topological polar surface area (TPSA) is 62.1 Å². The molecule has 18 heavy (non-hydrogen) atoms. The minimum absolute atomic E-state index is 0. The molecule has 0 aromatic heterocycles. The molecular formula is C10H28Br4N4. The van der Waals surface area contributed by atoms with E-state index in [1.165, 1.54) is 32.1 Å². The second-order valence-electron chi connectivity index (χ2n) is 3.31. The molecule has 0 rings (SSSR count). The van der Waals surface area contributed by atoms with Crippen LogP contribution in [0, 0.1) is 0 Å². The maximum absolute atomic E-state index is 5.00. The summed E-state index contributed by atoms with van der Waals surface area (Å²) in [5.41, 5.74) is 7.83. The Labute approximate surface area is 153 Å². The van der Waals surface area contributed by atoms with Crippen molar-refractivity contribution >= 4 is 67.9 Å². The monoisotopic (exact) mass is 520 g/mol. The Hall–Kier alpha value is 1.50. The van der Waals surface area contributed by atoms with E-state index in [2.05, 4.69) is 35.6 Å². The summed E-state index contributed by atoms with van der Waals surface area (Å²) >= 11 is 0. The lowest BCUT2D eigenvalue weighted by molar-refractivity contribution is 0.448. The molecule has 0 saturated heterocycles. The average molecular weight is 524 g/mol. The summed E-state index contributed by atoms with van der Waals surface area (Å²) in [4.78, 5) is 0. The van der Waals surface area contributed by atoms with E-state index in [4.69, 9.17) is 5.84 Å². The van der Waals surface area contributed by atoms with E-state index >= 15 is 0 Å². The van der Waals surface area contributed by atoms with Crippen LogP contribution in [0.15, 0.2) is 12.2 Å². The summed E-state index contributed by atoms with van der Waals surface area (Å²) in [6.07, 6.45) is 12.1. The molecule has 116 valence electrons. The fraction of sp³-hybridized carbons (Fsp3) is 0.800. The molecule has 0 atom stereocenters. The highest BCUT2D eigenvalue weighted by Gasteiger charge is 1.84. The lowest BCUT2D eigenvalue weighted by atomic mass is 10.1. The van der Waals surface area contributed by atoms with Gasteiger partial charge >= 0.3 is 0 Å². The molecule has 0 aliphatic carbocycles. The third-order valence-corrected chi connectivity index (χ3v) is 1.99. The van der Waals surface area contributed by atoms with Crippen LogP contribution in [-0.2, 0) is 0 Å². The molecule has 0 unspecified atom stereocenters. The zero-order valence-electron chi connectivity index (χ0n) is 10.8. The van der Waals surface area contributed by atoms with Crippen LogP contribution in [0.5, 0.6) is 0 Å². The van der Waals surface area contributed by atoms with Crippen LogP contribution >= 0.6 is 67.9 Å². The molecule has 8 heteroatoms. The van der Waals surface area contributed by atoms with E-state index in [1.54, 1.807) is 0 Å². The standard InChI is InChI=1S/C10H24N4.4BrH/c1-2-3-4-5-6-7-8-9-10-12-14-13-11;;;;/h7-8,12-14H,2-6,9-11H2,1H3;4*1H. The predicted octanol–water partition coefficient (Wildman–Crippen LogP) is 3.69. The van der Waals surface area contributed by atoms with E-state index < -0.39 is 0 Å². The molecule has 0 aromatic carbocycles. The smallest absolute Gasteiger partial charge is 0.0148 e. The number of rotatable bonds is 10. The van der Waals surface area contributed by atoms with Gasteiger partial charge in [-0.15, -0.1) is 67.9 Å². The molecule has 0 aliphatic rings. The highest BCUT2D eigenvalue weighted by Crippen LogP contribution is 2.02. The van der Waals surface area contributed by atoms with Crippen molar-refractivity contribution in [1.82, 2.24) is 16.5 Å². The quantitative estimate of drug-likeness (QED) is 0.153. The van der Waals surface area contributed by atoms with E-state index in [0.717, 1.165) is 13.0 Å². The van der Waals surface area contributed by atoms with Crippen LogP contribution in [0.4, 0.5) is 0 Å². The molecule has 0 aliphatic heterocycles. The van der Waals surface area contributed by atoms with Crippen molar-refractivity contribution in [3.63, 3.8) is 0 Å². The highest BCUT2D eigenvalue weighted by atomic mass is 79.9. The maximum Gasteiger partial charge on any atom is 0.0148 e. The van der Waals surface area contributed by atoms with Gasteiger partial charge in [-0.25, -0.2) is 5.43 Å². The fourth-order valence-electron chi connectivity index (χ4n) is 1.19. The number of hydrazine groups is 3. The first-order valence-electron chi connectivity index (χ1n) is 5.50. The van der Waals surface area contributed by atoms with Crippen molar-refractivity contribution in [3.05, 3.63) is 12.2 Å². The first-order valence-corrected chi connectivity index (χ1v) is 5.50. The van der Waals surface area contributed by atoms with Gasteiger partial charge in [0.25, 0.3) is 0 Å². The third-order valence-electron chi connectivity index (χ3n) is 1.99. The first-order chi connectivity index (χ1) is 6.91. The number of nitrogens with two attached hydrogens (primary N) is 1. The Bertz CT molecular complexity index is 125. The Morgan fingerprint density at radius 3 is 2.06 bits per heavy atom. The lowest BCUT2D eigenvalue weighted by Crippen LogP contribution is -2.47. The number of unbranched alkanes of at least 4 members (excludes halogenated alkanes) is 4. The van der Waals surface area contributed by atoms with E-state index in [1.807, 2.05) is 0 Å². The number of hydrogen-bond donors (Lipinski definition) is 4. The van der Waals surface area contributed by atoms with Crippen molar-refractivity contribution < 1.29 is 0 Å². The number of hydrogen-bond acceptors (Lipinski definition) is 4. The fourth-order valence-corrected chi connectivity index (χ4v) is 1.19. The van der Waals surface area contributed by atoms with Crippen molar-refractivity contribution in [3.8, 4) is 0 Å². The van der Waals surface area contributed by atoms with Crippen LogP contribution in [0.2, 0.25) is 0 Å². The largest absolute Gasteiger partial charge is 0.257 e. The molecule has 0 amide bonds. The molecule has 0 spiro atoms. The lowest BCUT2D eigenvalue weighted by Gasteiger charge is -2.01. The van der Waals surface area contributed by atoms with Gasteiger partial charge in [-0.3, -0.25) is 5.84 Å². The van der Waals surface area contributed by atoms with Gasteiger partial charge in [0.05, 0.1) is 0 Å². The van der Waals surface area contributed by atoms with E-state index in [-0.39, 0.29) is 67.9 Å². The van der Waals surface area contributed by atoms with Crippen molar-refractivity contribution in [2.45, 2.75) is 45.4 Å². The minimum atomic E-state index is 0. The summed E-state index contributed by atoms with van der Waals surface area (Å²) in [7, 11) is 0. The predicted molar refractivity (Wildman–Crippen MR) is 102 cm³/mol. The molecule has 0 fully saturated rings. The second-order valence-corrected chi connectivity index (χ2v) is 3.31. The van der Waals surface area contributed by atoms with Gasteiger partial charge in [-0.2, -0.15) is 11.1 Å². The normalized spacial score (nSPS) is 8.78. The number of nitrogens with one attached hydrogen (secondary N) is 3. The summed E-state index contributed by atoms with van der Waals surface area (Å²) in [5.74, 6) is 5.00. The van der Waals surface area contributed by atoms with Crippen LogP contribution in [-0.4, -0.2) is 6.54 Å². The summed E-state index contributed by atoms with van der Waals surface area (Å²) in [6, 6.07) is 0. The summed E-state index contributed by atoms with van der Waals surface area (Å²) < 4.78 is 0. The van der Waals surface area contributed by atoms with Crippen LogP contribution in [0.1, 0.15) is 45.4 Å². The van der Waals surface area contributed by atoms with Gasteiger partial charge in [0, 0.05) is 6.54 Å². The van der Waals surface area contributed by atoms with Gasteiger partial charge < -0.3 is 0 Å². The molecule has 4 nitrogen and oxygen atoms in total. The van der Waals surface area contributed by atoms with Gasteiger partial charge in [0.2, 0.25) is 0 Å². The van der Waals surface area contributed by atoms with Crippen LogP contribution in [0.3, 0.4) is 0 Å². The zero-order valence-corrected chi connectivity index (χ0v) is 17.7. The minimum Gasteiger partial charge on any atom is -0.257 e. The highest BCUT2D eigenvalue weighted by molar-refractivity contribution is 8.93. The zero-order chi connectivity index (χ0) is 10.5. The van der Waals surface area contributed by atoms with E-state index in [0.29, 0.717) is 0 Å². The number of halogens is 4. The first kappa shape index (κ1) is 31.7. The average Bonchev–Trinajstić information content (AvgIpc) is 2.21. The summed E-state index contributed by atoms with van der Waals surface area (Å²) in [5, 5.41) is 0. The second kappa shape index (κ2) is 31.1.